The third-order valence-electron chi connectivity index (χ3n) is 3.35. The molecule has 0 aliphatic carbocycles. The fourth-order valence-electron chi connectivity index (χ4n) is 2.31. The van der Waals surface area contributed by atoms with E-state index in [2.05, 4.69) is 11.3 Å². The van der Waals surface area contributed by atoms with Crippen molar-refractivity contribution in [2.75, 3.05) is 4.90 Å². The maximum Gasteiger partial charge on any atom is 0.342 e. The number of ether oxygens (including phenoxy) is 1. The Bertz CT molecular complexity index is 758. The lowest BCUT2D eigenvalue weighted by atomic mass is 10.1. The fraction of sp³-hybridized carbons (Fsp3) is 0. The molecule has 22 heavy (non-hydrogen) atoms. The summed E-state index contributed by atoms with van der Waals surface area (Å²) in [5, 5.41) is 0. The Morgan fingerprint density at radius 3 is 2.00 bits per heavy atom. The molecule has 5 heteroatoms. The van der Waals surface area contributed by atoms with Crippen LogP contribution >= 0.6 is 0 Å². The number of benzene rings is 2. The van der Waals surface area contributed by atoms with Gasteiger partial charge in [0.25, 0.3) is 11.8 Å². The molecule has 5 nitrogen and oxygen atoms in total. The topological polar surface area (TPSA) is 63.7 Å². The van der Waals surface area contributed by atoms with Crippen molar-refractivity contribution in [1.82, 2.24) is 0 Å². The smallest absolute Gasteiger partial charge is 0.342 e. The number of hydrogen-bond acceptors (Lipinski definition) is 4. The minimum atomic E-state index is -0.552. The second-order valence-electron chi connectivity index (χ2n) is 4.61. The van der Waals surface area contributed by atoms with Gasteiger partial charge in [0.2, 0.25) is 0 Å². The Morgan fingerprint density at radius 2 is 1.50 bits per heavy atom. The highest BCUT2D eigenvalue weighted by atomic mass is 16.5. The number of anilines is 1. The van der Waals surface area contributed by atoms with Gasteiger partial charge in [-0.15, -0.1) is 0 Å². The van der Waals surface area contributed by atoms with Crippen LogP contribution in [0.5, 0.6) is 0 Å². The SMILES string of the molecule is C=COC(=O)c1ccc(N2C(=O)c3ccccc3C2=O)cc1. The van der Waals surface area contributed by atoms with Crippen molar-refractivity contribution in [3.8, 4) is 0 Å². The summed E-state index contributed by atoms with van der Waals surface area (Å²) in [5.41, 5.74) is 1.46. The van der Waals surface area contributed by atoms with Crippen molar-refractivity contribution in [3.05, 3.63) is 78.1 Å². The van der Waals surface area contributed by atoms with Gasteiger partial charge in [-0.2, -0.15) is 0 Å². The Morgan fingerprint density at radius 1 is 0.955 bits per heavy atom. The standard InChI is InChI=1S/C17H11NO4/c1-2-22-17(21)11-7-9-12(10-8-11)18-15(19)13-5-3-4-6-14(13)16(18)20/h2-10H,1H2. The molecule has 1 heterocycles. The number of nitrogens with zero attached hydrogens (tertiary/aromatic N) is 1. The van der Waals surface area contributed by atoms with Crippen LogP contribution in [0.25, 0.3) is 0 Å². The molecule has 0 atom stereocenters. The van der Waals surface area contributed by atoms with Gasteiger partial charge in [0, 0.05) is 0 Å². The van der Waals surface area contributed by atoms with E-state index in [1.54, 1.807) is 24.3 Å². The predicted octanol–water partition coefficient (Wildman–Crippen LogP) is 2.79. The van der Waals surface area contributed by atoms with Gasteiger partial charge in [-0.1, -0.05) is 18.7 Å². The summed E-state index contributed by atoms with van der Waals surface area (Å²) in [6, 6.07) is 12.7. The molecule has 2 amide bonds. The van der Waals surface area contributed by atoms with E-state index < -0.39 is 5.97 Å². The molecule has 0 N–H and O–H groups in total. The zero-order chi connectivity index (χ0) is 15.7. The lowest BCUT2D eigenvalue weighted by molar-refractivity contribution is 0.0664. The van der Waals surface area contributed by atoms with Crippen LogP contribution in [-0.2, 0) is 4.74 Å². The third-order valence-corrected chi connectivity index (χ3v) is 3.35. The van der Waals surface area contributed by atoms with E-state index in [9.17, 15) is 14.4 Å². The second kappa shape index (κ2) is 5.29. The molecule has 108 valence electrons. The Balaban J connectivity index is 1.93. The Labute approximate surface area is 126 Å². The summed E-state index contributed by atoms with van der Waals surface area (Å²) >= 11 is 0. The first-order valence-electron chi connectivity index (χ1n) is 6.53. The molecule has 0 bridgehead atoms. The first-order chi connectivity index (χ1) is 10.6. The van der Waals surface area contributed by atoms with E-state index in [0.29, 0.717) is 22.4 Å². The second-order valence-corrected chi connectivity index (χ2v) is 4.61. The van der Waals surface area contributed by atoms with Crippen molar-refractivity contribution in [2.45, 2.75) is 0 Å². The Kier molecular flexibility index (Phi) is 3.31. The molecule has 0 unspecified atom stereocenters. The van der Waals surface area contributed by atoms with Crippen LogP contribution < -0.4 is 4.90 Å². The summed E-state index contributed by atoms with van der Waals surface area (Å²) in [6.45, 7) is 3.31. The largest absolute Gasteiger partial charge is 0.432 e. The number of fused-ring (bicyclic) bond motifs is 1. The maximum atomic E-state index is 12.3. The third kappa shape index (κ3) is 2.09. The molecule has 3 rings (SSSR count). The van der Waals surface area contributed by atoms with Gasteiger partial charge in [0.15, 0.2) is 0 Å². The Hall–Kier alpha value is -3.21. The highest BCUT2D eigenvalue weighted by Gasteiger charge is 2.36. The minimum absolute atomic E-state index is 0.306. The number of esters is 1. The van der Waals surface area contributed by atoms with E-state index in [1.807, 2.05) is 0 Å². The number of carbonyl (C=O) groups excluding carboxylic acids is 3. The summed E-state index contributed by atoms with van der Waals surface area (Å²) in [7, 11) is 0. The molecule has 2 aromatic carbocycles. The van der Waals surface area contributed by atoms with E-state index in [1.165, 1.54) is 24.3 Å². The lowest BCUT2D eigenvalue weighted by Gasteiger charge is -2.14. The van der Waals surface area contributed by atoms with Crippen LogP contribution in [0.3, 0.4) is 0 Å². The van der Waals surface area contributed by atoms with E-state index >= 15 is 0 Å². The van der Waals surface area contributed by atoms with Crippen LogP contribution in [0.4, 0.5) is 5.69 Å². The molecule has 0 spiro atoms. The quantitative estimate of drug-likeness (QED) is 0.496. The number of amides is 2. The molecular weight excluding hydrogens is 282 g/mol. The zero-order valence-corrected chi connectivity index (χ0v) is 11.5. The van der Waals surface area contributed by atoms with E-state index in [0.717, 1.165) is 11.2 Å². The molecule has 1 aliphatic rings. The summed E-state index contributed by atoms with van der Waals surface area (Å²) in [4.78, 5) is 37.3. The van der Waals surface area contributed by atoms with Crippen molar-refractivity contribution in [1.29, 1.82) is 0 Å². The summed E-state index contributed by atoms with van der Waals surface area (Å²) in [5.74, 6) is -1.30. The van der Waals surface area contributed by atoms with E-state index in [4.69, 9.17) is 0 Å². The lowest BCUT2D eigenvalue weighted by Crippen LogP contribution is -2.29. The number of hydrogen-bond donors (Lipinski definition) is 0. The van der Waals surface area contributed by atoms with Crippen LogP contribution in [0, 0.1) is 0 Å². The fourth-order valence-corrected chi connectivity index (χ4v) is 2.31. The van der Waals surface area contributed by atoms with Gasteiger partial charge in [0.1, 0.15) is 0 Å². The van der Waals surface area contributed by atoms with Gasteiger partial charge < -0.3 is 4.74 Å². The van der Waals surface area contributed by atoms with Crippen LogP contribution in [-0.4, -0.2) is 17.8 Å². The maximum absolute atomic E-state index is 12.3. The molecule has 0 aromatic heterocycles. The predicted molar refractivity (Wildman–Crippen MR) is 79.6 cm³/mol. The summed E-state index contributed by atoms with van der Waals surface area (Å²) in [6.07, 6.45) is 1.04. The first kappa shape index (κ1) is 13.8. The van der Waals surface area contributed by atoms with Gasteiger partial charge >= 0.3 is 5.97 Å². The highest BCUT2D eigenvalue weighted by molar-refractivity contribution is 6.34. The monoisotopic (exact) mass is 293 g/mol. The molecule has 0 saturated carbocycles. The van der Waals surface area contributed by atoms with Gasteiger partial charge in [-0.05, 0) is 36.4 Å². The highest BCUT2D eigenvalue weighted by Crippen LogP contribution is 2.28. The number of carbonyl (C=O) groups is 3. The normalized spacial score (nSPS) is 13.0. The van der Waals surface area contributed by atoms with Gasteiger partial charge in [-0.3, -0.25) is 9.59 Å². The average molecular weight is 293 g/mol. The van der Waals surface area contributed by atoms with Crippen molar-refractivity contribution >= 4 is 23.5 Å². The van der Waals surface area contributed by atoms with Crippen LogP contribution in [0.2, 0.25) is 0 Å². The molecule has 0 saturated heterocycles. The van der Waals surface area contributed by atoms with E-state index in [-0.39, 0.29) is 11.8 Å². The van der Waals surface area contributed by atoms with Crippen molar-refractivity contribution < 1.29 is 19.1 Å². The molecular formula is C17H11NO4. The van der Waals surface area contributed by atoms with Crippen LogP contribution in [0.1, 0.15) is 31.1 Å². The minimum Gasteiger partial charge on any atom is -0.432 e. The number of rotatable bonds is 3. The molecule has 2 aromatic rings. The molecule has 0 radical (unpaired) electrons. The average Bonchev–Trinajstić information content (AvgIpc) is 2.80. The van der Waals surface area contributed by atoms with Gasteiger partial charge in [-0.25, -0.2) is 9.69 Å². The summed E-state index contributed by atoms with van der Waals surface area (Å²) < 4.78 is 4.66. The van der Waals surface area contributed by atoms with Gasteiger partial charge in [0.05, 0.1) is 28.6 Å². The molecule has 1 aliphatic heterocycles. The molecule has 0 fully saturated rings. The number of imide groups is 1. The van der Waals surface area contributed by atoms with Crippen molar-refractivity contribution in [3.63, 3.8) is 0 Å². The zero-order valence-electron chi connectivity index (χ0n) is 11.5. The van der Waals surface area contributed by atoms with Crippen molar-refractivity contribution in [2.24, 2.45) is 0 Å². The van der Waals surface area contributed by atoms with Crippen LogP contribution in [0.15, 0.2) is 61.4 Å². The first-order valence-corrected chi connectivity index (χ1v) is 6.53.